The van der Waals surface area contributed by atoms with Gasteiger partial charge in [-0.3, -0.25) is 0 Å². The van der Waals surface area contributed by atoms with Gasteiger partial charge in [-0.25, -0.2) is 4.39 Å². The van der Waals surface area contributed by atoms with Gasteiger partial charge in [0.05, 0.1) is 0 Å². The van der Waals surface area contributed by atoms with Gasteiger partial charge in [0.15, 0.2) is 0 Å². The van der Waals surface area contributed by atoms with Crippen molar-refractivity contribution in [3.05, 3.63) is 57.0 Å². The molecule has 1 N–H and O–H groups in total. The summed E-state index contributed by atoms with van der Waals surface area (Å²) in [4.78, 5) is 1.23. The molecule has 1 nitrogen and oxygen atoms in total. The highest BCUT2D eigenvalue weighted by atomic mass is 35.5. The first-order valence-electron chi connectivity index (χ1n) is 5.35. The molecule has 1 aromatic heterocycles. The van der Waals surface area contributed by atoms with E-state index >= 15 is 0 Å². The third-order valence-corrected chi connectivity index (χ3v) is 4.02. The molecule has 0 bridgehead atoms. The smallest absolute Gasteiger partial charge is 0.123 e. The second kappa shape index (κ2) is 5.63. The van der Waals surface area contributed by atoms with Crippen molar-refractivity contribution in [2.45, 2.75) is 12.5 Å². The molecule has 0 spiro atoms. The Hall–Kier alpha value is -0.900. The van der Waals surface area contributed by atoms with Crippen molar-refractivity contribution >= 4 is 22.9 Å². The quantitative estimate of drug-likeness (QED) is 0.883. The van der Waals surface area contributed by atoms with Crippen LogP contribution < -0.4 is 5.32 Å². The highest BCUT2D eigenvalue weighted by Crippen LogP contribution is 2.26. The van der Waals surface area contributed by atoms with Crippen molar-refractivity contribution in [2.75, 3.05) is 7.05 Å². The zero-order valence-corrected chi connectivity index (χ0v) is 11.0. The lowest BCUT2D eigenvalue weighted by Gasteiger charge is -2.15. The van der Waals surface area contributed by atoms with E-state index in [1.165, 1.54) is 17.0 Å². The largest absolute Gasteiger partial charge is 0.312 e. The highest BCUT2D eigenvalue weighted by Gasteiger charge is 2.13. The number of thiophene rings is 1. The molecule has 0 radical (unpaired) electrons. The molecule has 4 heteroatoms. The Balaban J connectivity index is 2.21. The summed E-state index contributed by atoms with van der Waals surface area (Å²) < 4.78 is 13.2. The van der Waals surface area contributed by atoms with E-state index in [4.69, 9.17) is 11.6 Å². The van der Waals surface area contributed by atoms with Crippen molar-refractivity contribution in [3.8, 4) is 0 Å². The van der Waals surface area contributed by atoms with Gasteiger partial charge in [-0.15, -0.1) is 11.3 Å². The number of benzene rings is 1. The summed E-state index contributed by atoms with van der Waals surface area (Å²) in [5.41, 5.74) is 0.833. The molecule has 0 aliphatic heterocycles. The van der Waals surface area contributed by atoms with Crippen LogP contribution in [0.1, 0.15) is 16.5 Å². The van der Waals surface area contributed by atoms with Gasteiger partial charge in [-0.1, -0.05) is 17.7 Å². The standard InChI is InChI=1S/C13H13ClFNS/c1-16-12(13-3-2-6-17-13)8-9-7-10(15)4-5-11(9)14/h2-7,12,16H,8H2,1H3. The van der Waals surface area contributed by atoms with Gasteiger partial charge in [-0.2, -0.15) is 0 Å². The maximum atomic E-state index is 13.2. The SMILES string of the molecule is CNC(Cc1cc(F)ccc1Cl)c1cccs1. The molecular formula is C13H13ClFNS. The third kappa shape index (κ3) is 3.06. The van der Waals surface area contributed by atoms with Gasteiger partial charge < -0.3 is 5.32 Å². The average molecular weight is 270 g/mol. The molecule has 0 aliphatic rings. The third-order valence-electron chi connectivity index (χ3n) is 2.67. The van der Waals surface area contributed by atoms with E-state index in [9.17, 15) is 4.39 Å². The number of hydrogen-bond donors (Lipinski definition) is 1. The number of nitrogens with one attached hydrogen (secondary N) is 1. The van der Waals surface area contributed by atoms with Crippen molar-refractivity contribution in [2.24, 2.45) is 0 Å². The van der Waals surface area contributed by atoms with Gasteiger partial charge in [-0.05, 0) is 48.7 Å². The molecule has 0 amide bonds. The Morgan fingerprint density at radius 3 is 2.88 bits per heavy atom. The van der Waals surface area contributed by atoms with Crippen LogP contribution in [0.4, 0.5) is 4.39 Å². The first-order valence-corrected chi connectivity index (χ1v) is 6.61. The Morgan fingerprint density at radius 1 is 1.41 bits per heavy atom. The maximum absolute atomic E-state index is 13.2. The first-order chi connectivity index (χ1) is 8.20. The second-order valence-corrected chi connectivity index (χ2v) is 5.18. The molecule has 0 aliphatic carbocycles. The van der Waals surface area contributed by atoms with E-state index in [1.54, 1.807) is 17.4 Å². The molecule has 0 saturated heterocycles. The fraction of sp³-hybridized carbons (Fsp3) is 0.231. The monoisotopic (exact) mass is 269 g/mol. The molecule has 0 saturated carbocycles. The van der Waals surface area contributed by atoms with Gasteiger partial charge in [0.1, 0.15) is 5.82 Å². The zero-order chi connectivity index (χ0) is 12.3. The fourth-order valence-corrected chi connectivity index (χ4v) is 2.79. The Bertz CT molecular complexity index is 484. The minimum absolute atomic E-state index is 0.175. The first kappa shape index (κ1) is 12.6. The second-order valence-electron chi connectivity index (χ2n) is 3.80. The highest BCUT2D eigenvalue weighted by molar-refractivity contribution is 7.10. The number of rotatable bonds is 4. The van der Waals surface area contributed by atoms with Crippen molar-refractivity contribution in [1.29, 1.82) is 0 Å². The van der Waals surface area contributed by atoms with Crippen LogP contribution in [0.25, 0.3) is 0 Å². The molecule has 2 aromatic rings. The predicted molar refractivity (Wildman–Crippen MR) is 71.2 cm³/mol. The van der Waals surface area contributed by atoms with Gasteiger partial charge in [0.25, 0.3) is 0 Å². The molecule has 2 rings (SSSR count). The van der Waals surface area contributed by atoms with Crippen molar-refractivity contribution in [3.63, 3.8) is 0 Å². The van der Waals surface area contributed by atoms with Crippen LogP contribution >= 0.6 is 22.9 Å². The van der Waals surface area contributed by atoms with Crippen LogP contribution in [0.3, 0.4) is 0 Å². The van der Waals surface area contributed by atoms with Gasteiger partial charge in [0.2, 0.25) is 0 Å². The lowest BCUT2D eigenvalue weighted by atomic mass is 10.0. The van der Waals surface area contributed by atoms with Crippen molar-refractivity contribution < 1.29 is 4.39 Å². The minimum atomic E-state index is -0.245. The number of likely N-dealkylation sites (N-methyl/N-ethyl adjacent to an activating group) is 1. The maximum Gasteiger partial charge on any atom is 0.123 e. The fourth-order valence-electron chi connectivity index (χ4n) is 1.75. The van der Waals surface area contributed by atoms with E-state index in [0.717, 1.165) is 5.56 Å². The summed E-state index contributed by atoms with van der Waals surface area (Å²) in [6.07, 6.45) is 0.688. The Kier molecular flexibility index (Phi) is 4.15. The summed E-state index contributed by atoms with van der Waals surface area (Å²) in [6.45, 7) is 0. The molecule has 1 aromatic carbocycles. The van der Waals surface area contributed by atoms with Gasteiger partial charge in [0, 0.05) is 15.9 Å². The van der Waals surface area contributed by atoms with Crippen LogP contribution in [0.2, 0.25) is 5.02 Å². The summed E-state index contributed by atoms with van der Waals surface area (Å²) in [7, 11) is 1.90. The summed E-state index contributed by atoms with van der Waals surface area (Å²) in [5, 5.41) is 5.88. The van der Waals surface area contributed by atoms with Crippen LogP contribution in [-0.4, -0.2) is 7.05 Å². The molecule has 0 fully saturated rings. The Labute approximate surface area is 109 Å². The average Bonchev–Trinajstić information content (AvgIpc) is 2.84. The number of halogens is 2. The molecule has 1 heterocycles. The van der Waals surface area contributed by atoms with E-state index < -0.39 is 0 Å². The van der Waals surface area contributed by atoms with E-state index in [2.05, 4.69) is 11.4 Å². The normalized spacial score (nSPS) is 12.6. The lowest BCUT2D eigenvalue weighted by molar-refractivity contribution is 0.592. The predicted octanol–water partition coefficient (Wildman–Crippen LogP) is 4.04. The number of hydrogen-bond acceptors (Lipinski definition) is 2. The molecule has 1 atom stereocenters. The van der Waals surface area contributed by atoms with Crippen LogP contribution in [-0.2, 0) is 6.42 Å². The van der Waals surface area contributed by atoms with E-state index in [0.29, 0.717) is 11.4 Å². The van der Waals surface area contributed by atoms with Crippen LogP contribution in [0, 0.1) is 5.82 Å². The molecule has 1 unspecified atom stereocenters. The van der Waals surface area contributed by atoms with Crippen LogP contribution in [0.5, 0.6) is 0 Å². The van der Waals surface area contributed by atoms with Crippen LogP contribution in [0.15, 0.2) is 35.7 Å². The van der Waals surface area contributed by atoms with E-state index in [1.807, 2.05) is 18.5 Å². The zero-order valence-electron chi connectivity index (χ0n) is 9.41. The summed E-state index contributed by atoms with van der Waals surface area (Å²) >= 11 is 7.75. The summed E-state index contributed by atoms with van der Waals surface area (Å²) in [5.74, 6) is -0.245. The Morgan fingerprint density at radius 2 is 2.24 bits per heavy atom. The molecular weight excluding hydrogens is 257 g/mol. The van der Waals surface area contributed by atoms with Crippen molar-refractivity contribution in [1.82, 2.24) is 5.32 Å². The topological polar surface area (TPSA) is 12.0 Å². The van der Waals surface area contributed by atoms with Gasteiger partial charge >= 0.3 is 0 Å². The van der Waals surface area contributed by atoms with E-state index in [-0.39, 0.29) is 11.9 Å². The lowest BCUT2D eigenvalue weighted by Crippen LogP contribution is -2.17. The summed E-state index contributed by atoms with van der Waals surface area (Å²) in [6, 6.07) is 8.74. The molecule has 17 heavy (non-hydrogen) atoms. The molecule has 90 valence electrons. The minimum Gasteiger partial charge on any atom is -0.312 e.